The Labute approximate surface area is 148 Å². The van der Waals surface area contributed by atoms with E-state index in [4.69, 9.17) is 5.26 Å². The first-order valence-corrected chi connectivity index (χ1v) is 7.74. The molecule has 26 heavy (non-hydrogen) atoms. The van der Waals surface area contributed by atoms with Crippen molar-refractivity contribution < 1.29 is 14.5 Å². The molecular weight excluding hydrogens is 336 g/mol. The summed E-state index contributed by atoms with van der Waals surface area (Å²) in [5.41, 5.74) is -0.0386. The Morgan fingerprint density at radius 1 is 1.19 bits per heavy atom. The van der Waals surface area contributed by atoms with E-state index in [-0.39, 0.29) is 12.2 Å². The highest BCUT2D eigenvalue weighted by atomic mass is 16.6. The average molecular weight is 350 g/mol. The molecule has 1 aliphatic heterocycles. The number of carbonyl (C=O) groups is 2. The van der Waals surface area contributed by atoms with Crippen molar-refractivity contribution in [3.8, 4) is 6.07 Å². The van der Waals surface area contributed by atoms with Gasteiger partial charge >= 0.3 is 6.03 Å². The van der Waals surface area contributed by atoms with Crippen molar-refractivity contribution in [3.05, 3.63) is 75.3 Å². The van der Waals surface area contributed by atoms with E-state index in [1.807, 2.05) is 6.07 Å². The van der Waals surface area contributed by atoms with Crippen molar-refractivity contribution in [1.29, 1.82) is 5.26 Å². The molecule has 1 fully saturated rings. The lowest BCUT2D eigenvalue weighted by Crippen LogP contribution is -2.40. The van der Waals surface area contributed by atoms with Crippen molar-refractivity contribution in [2.24, 2.45) is 0 Å². The topological polar surface area (TPSA) is 116 Å². The molecule has 0 aromatic heterocycles. The summed E-state index contributed by atoms with van der Waals surface area (Å²) in [6.07, 6.45) is 0. The fourth-order valence-electron chi connectivity index (χ4n) is 2.89. The van der Waals surface area contributed by atoms with Gasteiger partial charge in [0, 0.05) is 12.1 Å². The van der Waals surface area contributed by atoms with E-state index < -0.39 is 22.4 Å². The van der Waals surface area contributed by atoms with Gasteiger partial charge in [0.1, 0.15) is 5.54 Å². The molecule has 1 heterocycles. The number of nitro groups is 1. The van der Waals surface area contributed by atoms with E-state index >= 15 is 0 Å². The minimum absolute atomic E-state index is 0.0308. The van der Waals surface area contributed by atoms with E-state index in [1.165, 1.54) is 24.3 Å². The summed E-state index contributed by atoms with van der Waals surface area (Å²) in [6, 6.07) is 13.6. The normalized spacial score (nSPS) is 19.2. The second-order valence-corrected chi connectivity index (χ2v) is 6.02. The predicted molar refractivity (Wildman–Crippen MR) is 90.7 cm³/mol. The molecule has 1 aliphatic rings. The second-order valence-electron chi connectivity index (χ2n) is 6.02. The molecule has 3 rings (SSSR count). The zero-order chi connectivity index (χ0) is 18.9. The number of amides is 3. The highest BCUT2D eigenvalue weighted by Crippen LogP contribution is 2.31. The lowest BCUT2D eigenvalue weighted by atomic mass is 9.92. The van der Waals surface area contributed by atoms with Crippen LogP contribution in [0.1, 0.15) is 23.6 Å². The van der Waals surface area contributed by atoms with Crippen molar-refractivity contribution in [3.63, 3.8) is 0 Å². The van der Waals surface area contributed by atoms with Gasteiger partial charge in [-0.3, -0.25) is 19.8 Å². The Bertz CT molecular complexity index is 948. The predicted octanol–water partition coefficient (Wildman–Crippen LogP) is 2.43. The van der Waals surface area contributed by atoms with Crippen LogP contribution in [0.2, 0.25) is 0 Å². The molecule has 0 aliphatic carbocycles. The first-order valence-electron chi connectivity index (χ1n) is 7.74. The second kappa shape index (κ2) is 6.29. The van der Waals surface area contributed by atoms with Crippen LogP contribution in [-0.2, 0) is 16.9 Å². The van der Waals surface area contributed by atoms with E-state index in [2.05, 4.69) is 5.32 Å². The number of nitro benzene ring substituents is 1. The summed E-state index contributed by atoms with van der Waals surface area (Å²) in [5.74, 6) is -0.482. The van der Waals surface area contributed by atoms with Crippen LogP contribution in [0.5, 0.6) is 0 Å². The molecule has 1 saturated heterocycles. The summed E-state index contributed by atoms with van der Waals surface area (Å²) < 4.78 is 0. The van der Waals surface area contributed by atoms with Crippen molar-refractivity contribution >= 4 is 17.6 Å². The van der Waals surface area contributed by atoms with Gasteiger partial charge < -0.3 is 5.32 Å². The number of urea groups is 1. The molecule has 1 atom stereocenters. The SMILES string of the molecule is CC1(c2ccc([N+](=O)[O-])cc2)NC(=O)N(Cc2ccccc2C#N)C1=O. The quantitative estimate of drug-likeness (QED) is 0.516. The highest BCUT2D eigenvalue weighted by Gasteiger charge is 2.49. The molecule has 8 heteroatoms. The van der Waals surface area contributed by atoms with Gasteiger partial charge in [0.05, 0.1) is 23.1 Å². The van der Waals surface area contributed by atoms with Crippen molar-refractivity contribution in [2.75, 3.05) is 0 Å². The van der Waals surface area contributed by atoms with Crippen LogP contribution >= 0.6 is 0 Å². The van der Waals surface area contributed by atoms with Gasteiger partial charge in [-0.1, -0.05) is 18.2 Å². The lowest BCUT2D eigenvalue weighted by Gasteiger charge is -2.22. The molecule has 2 aromatic carbocycles. The number of nitrogens with zero attached hydrogens (tertiary/aromatic N) is 3. The number of benzene rings is 2. The van der Waals surface area contributed by atoms with Gasteiger partial charge in [0.25, 0.3) is 11.6 Å². The molecule has 2 aromatic rings. The van der Waals surface area contributed by atoms with Gasteiger partial charge in [-0.05, 0) is 36.2 Å². The van der Waals surface area contributed by atoms with Crippen LogP contribution in [0.25, 0.3) is 0 Å². The van der Waals surface area contributed by atoms with E-state index in [1.54, 1.807) is 31.2 Å². The molecule has 0 bridgehead atoms. The molecule has 0 radical (unpaired) electrons. The Hall–Kier alpha value is -3.73. The molecule has 130 valence electrons. The fourth-order valence-corrected chi connectivity index (χ4v) is 2.89. The van der Waals surface area contributed by atoms with E-state index in [9.17, 15) is 19.7 Å². The fraction of sp³-hybridized carbons (Fsp3) is 0.167. The molecule has 8 nitrogen and oxygen atoms in total. The summed E-state index contributed by atoms with van der Waals surface area (Å²) in [4.78, 5) is 36.5. The van der Waals surface area contributed by atoms with Crippen LogP contribution in [0.15, 0.2) is 48.5 Å². The molecule has 1 N–H and O–H groups in total. The number of rotatable bonds is 4. The minimum Gasteiger partial charge on any atom is -0.319 e. The number of nitrogens with one attached hydrogen (secondary N) is 1. The standard InChI is InChI=1S/C18H14N4O4/c1-18(14-6-8-15(9-7-14)22(25)26)16(23)21(17(24)20-18)11-13-5-3-2-4-12(13)10-19/h2-9H,11H2,1H3,(H,20,24). The largest absolute Gasteiger partial charge is 0.325 e. The van der Waals surface area contributed by atoms with Crippen molar-refractivity contribution in [1.82, 2.24) is 10.2 Å². The van der Waals surface area contributed by atoms with Gasteiger partial charge in [-0.15, -0.1) is 0 Å². The van der Waals surface area contributed by atoms with Gasteiger partial charge in [0.2, 0.25) is 0 Å². The third-order valence-corrected chi connectivity index (χ3v) is 4.40. The van der Waals surface area contributed by atoms with Crippen molar-refractivity contribution in [2.45, 2.75) is 19.0 Å². The van der Waals surface area contributed by atoms with Crippen LogP contribution in [0.4, 0.5) is 10.5 Å². The Morgan fingerprint density at radius 3 is 2.46 bits per heavy atom. The van der Waals surface area contributed by atoms with Crippen LogP contribution in [0, 0.1) is 21.4 Å². The number of non-ortho nitro benzene ring substituents is 1. The monoisotopic (exact) mass is 350 g/mol. The summed E-state index contributed by atoms with van der Waals surface area (Å²) >= 11 is 0. The smallest absolute Gasteiger partial charge is 0.319 e. The lowest BCUT2D eigenvalue weighted by molar-refractivity contribution is -0.384. The van der Waals surface area contributed by atoms with Gasteiger partial charge in [-0.25, -0.2) is 4.79 Å². The molecule has 3 amide bonds. The maximum absolute atomic E-state index is 12.9. The third kappa shape index (κ3) is 2.75. The van der Waals surface area contributed by atoms with Crippen LogP contribution < -0.4 is 5.32 Å². The number of hydrogen-bond acceptors (Lipinski definition) is 5. The molecular formula is C18H14N4O4. The third-order valence-electron chi connectivity index (χ3n) is 4.40. The number of imide groups is 1. The van der Waals surface area contributed by atoms with E-state index in [0.29, 0.717) is 16.7 Å². The van der Waals surface area contributed by atoms with E-state index in [0.717, 1.165) is 4.90 Å². The Kier molecular flexibility index (Phi) is 4.14. The summed E-state index contributed by atoms with van der Waals surface area (Å²) in [7, 11) is 0. The highest BCUT2D eigenvalue weighted by molar-refractivity contribution is 6.07. The maximum atomic E-state index is 12.9. The maximum Gasteiger partial charge on any atom is 0.325 e. The summed E-state index contributed by atoms with van der Waals surface area (Å²) in [6.45, 7) is 1.52. The van der Waals surface area contributed by atoms with Gasteiger partial charge in [0.15, 0.2) is 0 Å². The zero-order valence-electron chi connectivity index (χ0n) is 13.8. The van der Waals surface area contributed by atoms with Crippen LogP contribution in [0.3, 0.4) is 0 Å². The first-order chi connectivity index (χ1) is 12.4. The minimum atomic E-state index is -1.33. The zero-order valence-corrected chi connectivity index (χ0v) is 13.8. The average Bonchev–Trinajstić information content (AvgIpc) is 2.86. The molecule has 0 saturated carbocycles. The molecule has 1 unspecified atom stereocenters. The molecule has 0 spiro atoms. The number of carbonyl (C=O) groups excluding carboxylic acids is 2. The number of nitriles is 1. The Balaban J connectivity index is 1.90. The summed E-state index contributed by atoms with van der Waals surface area (Å²) in [5, 5.41) is 22.6. The van der Waals surface area contributed by atoms with Crippen LogP contribution in [-0.4, -0.2) is 21.8 Å². The first kappa shape index (κ1) is 17.1. The number of hydrogen-bond donors (Lipinski definition) is 1. The van der Waals surface area contributed by atoms with Gasteiger partial charge in [-0.2, -0.15) is 5.26 Å². The Morgan fingerprint density at radius 2 is 1.85 bits per heavy atom.